The van der Waals surface area contributed by atoms with Gasteiger partial charge in [0.15, 0.2) is 6.10 Å². The Morgan fingerprint density at radius 1 is 1.14 bits per heavy atom. The molecule has 1 unspecified atom stereocenters. The van der Waals surface area contributed by atoms with E-state index >= 15 is 0 Å². The molecule has 0 saturated carbocycles. The van der Waals surface area contributed by atoms with Crippen LogP contribution in [-0.2, 0) is 14.3 Å². The van der Waals surface area contributed by atoms with Gasteiger partial charge in [0.05, 0.1) is 6.61 Å². The summed E-state index contributed by atoms with van der Waals surface area (Å²) in [6.45, 7) is 1.49. The Balaban J connectivity index is 2.50. The van der Waals surface area contributed by atoms with Gasteiger partial charge in [0, 0.05) is 5.56 Å². The third-order valence-corrected chi connectivity index (χ3v) is 2.86. The maximum atomic E-state index is 12.6. The molecule has 0 N–H and O–H groups in total. The highest BCUT2D eigenvalue weighted by Crippen LogP contribution is 2.32. The first kappa shape index (κ1) is 15.3. The molecule has 6 heteroatoms. The lowest BCUT2D eigenvalue weighted by atomic mass is 10.0. The number of hydrogen-bond acceptors (Lipinski definition) is 3. The lowest BCUT2D eigenvalue weighted by Crippen LogP contribution is -2.26. The summed E-state index contributed by atoms with van der Waals surface area (Å²) >= 11 is 0. The lowest BCUT2D eigenvalue weighted by molar-refractivity contribution is -0.342. The lowest BCUT2D eigenvalue weighted by Gasteiger charge is -2.19. The quantitative estimate of drug-likeness (QED) is 0.801. The number of fused-ring (bicyclic) bond motifs is 1. The number of carbonyl (C=O) groups excluding carboxylic acids is 1. The zero-order chi connectivity index (χ0) is 15.5. The summed E-state index contributed by atoms with van der Waals surface area (Å²) in [6.07, 6.45) is -6.77. The van der Waals surface area contributed by atoms with Crippen LogP contribution < -0.4 is 0 Å². The largest absolute Gasteiger partial charge is 0.523 e. The Hall–Kier alpha value is -2.08. The van der Waals surface area contributed by atoms with Crippen molar-refractivity contribution >= 4 is 16.7 Å². The monoisotopic (exact) mass is 298 g/mol. The number of alkyl halides is 3. The maximum Gasteiger partial charge on any atom is 0.523 e. The van der Waals surface area contributed by atoms with Gasteiger partial charge < -0.3 is 4.74 Å². The van der Waals surface area contributed by atoms with Crippen molar-refractivity contribution in [1.29, 1.82) is 0 Å². The van der Waals surface area contributed by atoms with Crippen molar-refractivity contribution in [3.63, 3.8) is 0 Å². The van der Waals surface area contributed by atoms with E-state index in [1.54, 1.807) is 36.4 Å². The molecule has 0 heterocycles. The van der Waals surface area contributed by atoms with Crippen molar-refractivity contribution in [3.05, 3.63) is 48.0 Å². The molecule has 0 fully saturated rings. The van der Waals surface area contributed by atoms with Crippen LogP contribution in [0.1, 0.15) is 18.6 Å². The molecular weight excluding hydrogens is 285 g/mol. The highest BCUT2D eigenvalue weighted by atomic mass is 19.4. The molecule has 2 rings (SSSR count). The van der Waals surface area contributed by atoms with Gasteiger partial charge in [-0.1, -0.05) is 42.5 Å². The number of hydrogen-bond donors (Lipinski definition) is 0. The van der Waals surface area contributed by atoms with E-state index in [0.717, 1.165) is 5.39 Å². The van der Waals surface area contributed by atoms with Crippen molar-refractivity contribution in [2.75, 3.05) is 6.61 Å². The van der Waals surface area contributed by atoms with E-state index in [2.05, 4.69) is 9.47 Å². The third kappa shape index (κ3) is 3.72. The van der Waals surface area contributed by atoms with Crippen LogP contribution >= 0.6 is 0 Å². The van der Waals surface area contributed by atoms with Crippen LogP contribution in [0, 0.1) is 0 Å². The van der Waals surface area contributed by atoms with Crippen LogP contribution in [0.3, 0.4) is 0 Å². The van der Waals surface area contributed by atoms with E-state index in [9.17, 15) is 18.0 Å². The van der Waals surface area contributed by atoms with E-state index in [0.29, 0.717) is 5.39 Å². The SMILES string of the molecule is CCOC(=O)C(OC(F)(F)F)c1cccc2ccccc12. The number of ether oxygens (including phenoxy) is 2. The molecule has 0 aliphatic carbocycles. The predicted octanol–water partition coefficient (Wildman–Crippen LogP) is 3.98. The second-order valence-corrected chi connectivity index (χ2v) is 4.26. The van der Waals surface area contributed by atoms with Gasteiger partial charge in [0.1, 0.15) is 0 Å². The molecule has 0 aliphatic heterocycles. The number of rotatable bonds is 4. The smallest absolute Gasteiger partial charge is 0.464 e. The maximum absolute atomic E-state index is 12.6. The molecule has 1 atom stereocenters. The van der Waals surface area contributed by atoms with Crippen LogP contribution in [0.15, 0.2) is 42.5 Å². The molecule has 112 valence electrons. The molecule has 2 aromatic rings. The summed E-state index contributed by atoms with van der Waals surface area (Å²) < 4.78 is 46.3. The van der Waals surface area contributed by atoms with Crippen molar-refractivity contribution in [3.8, 4) is 0 Å². The van der Waals surface area contributed by atoms with Gasteiger partial charge in [-0.05, 0) is 17.7 Å². The summed E-state index contributed by atoms with van der Waals surface area (Å²) in [6, 6.07) is 11.6. The Labute approximate surface area is 119 Å². The minimum absolute atomic E-state index is 0.0265. The molecule has 0 radical (unpaired) electrons. The van der Waals surface area contributed by atoms with Gasteiger partial charge in [-0.3, -0.25) is 4.74 Å². The molecule has 0 spiro atoms. The summed E-state index contributed by atoms with van der Waals surface area (Å²) in [4.78, 5) is 11.8. The Morgan fingerprint density at radius 3 is 2.48 bits per heavy atom. The molecular formula is C15H13F3O3. The van der Waals surface area contributed by atoms with E-state index in [-0.39, 0.29) is 12.2 Å². The van der Waals surface area contributed by atoms with Gasteiger partial charge in [0.25, 0.3) is 0 Å². The standard InChI is InChI=1S/C15H13F3O3/c1-2-20-14(19)13(21-15(16,17)18)12-9-5-7-10-6-3-4-8-11(10)12/h3-9,13H,2H2,1H3. The van der Waals surface area contributed by atoms with Crippen molar-refractivity contribution in [2.24, 2.45) is 0 Å². The van der Waals surface area contributed by atoms with Crippen molar-refractivity contribution < 1.29 is 27.4 Å². The number of benzene rings is 2. The molecule has 0 amide bonds. The normalized spacial score (nSPS) is 13.1. The zero-order valence-electron chi connectivity index (χ0n) is 11.2. The highest BCUT2D eigenvalue weighted by molar-refractivity contribution is 5.90. The Morgan fingerprint density at radius 2 is 1.81 bits per heavy atom. The highest BCUT2D eigenvalue weighted by Gasteiger charge is 2.39. The van der Waals surface area contributed by atoms with E-state index < -0.39 is 18.4 Å². The Kier molecular flexibility index (Phi) is 4.47. The van der Waals surface area contributed by atoms with Crippen molar-refractivity contribution in [1.82, 2.24) is 0 Å². The number of carbonyl (C=O) groups is 1. The van der Waals surface area contributed by atoms with Crippen LogP contribution in [0.25, 0.3) is 10.8 Å². The van der Waals surface area contributed by atoms with Crippen LogP contribution in [0.5, 0.6) is 0 Å². The molecule has 2 aromatic carbocycles. The average Bonchev–Trinajstić information content (AvgIpc) is 2.43. The van der Waals surface area contributed by atoms with Crippen LogP contribution in [-0.4, -0.2) is 18.9 Å². The first-order valence-electron chi connectivity index (χ1n) is 6.31. The fourth-order valence-corrected chi connectivity index (χ4v) is 2.07. The van der Waals surface area contributed by atoms with Crippen LogP contribution in [0.4, 0.5) is 13.2 Å². The molecule has 3 nitrogen and oxygen atoms in total. The summed E-state index contributed by atoms with van der Waals surface area (Å²) in [5.41, 5.74) is 0.129. The average molecular weight is 298 g/mol. The summed E-state index contributed by atoms with van der Waals surface area (Å²) in [5, 5.41) is 1.23. The first-order chi connectivity index (χ1) is 9.92. The minimum atomic E-state index is -4.94. The second-order valence-electron chi connectivity index (χ2n) is 4.26. The third-order valence-electron chi connectivity index (χ3n) is 2.86. The summed E-state index contributed by atoms with van der Waals surface area (Å²) in [5.74, 6) is -1.06. The second kappa shape index (κ2) is 6.13. The number of halogens is 3. The predicted molar refractivity (Wildman–Crippen MR) is 70.5 cm³/mol. The van der Waals surface area contributed by atoms with E-state index in [4.69, 9.17) is 0 Å². The molecule has 0 bridgehead atoms. The van der Waals surface area contributed by atoms with Gasteiger partial charge in [-0.25, -0.2) is 4.79 Å². The Bertz CT molecular complexity index is 632. The minimum Gasteiger partial charge on any atom is -0.464 e. The van der Waals surface area contributed by atoms with Gasteiger partial charge in [-0.2, -0.15) is 0 Å². The van der Waals surface area contributed by atoms with Gasteiger partial charge in [0.2, 0.25) is 0 Å². The first-order valence-corrected chi connectivity index (χ1v) is 6.31. The topological polar surface area (TPSA) is 35.5 Å². The van der Waals surface area contributed by atoms with Crippen molar-refractivity contribution in [2.45, 2.75) is 19.4 Å². The molecule has 0 aliphatic rings. The fraction of sp³-hybridized carbons (Fsp3) is 0.267. The molecule has 0 saturated heterocycles. The van der Waals surface area contributed by atoms with Gasteiger partial charge in [-0.15, -0.1) is 13.2 Å². The fourth-order valence-electron chi connectivity index (χ4n) is 2.07. The van der Waals surface area contributed by atoms with Gasteiger partial charge >= 0.3 is 12.3 Å². The number of esters is 1. The molecule has 0 aromatic heterocycles. The van der Waals surface area contributed by atoms with Crippen LogP contribution in [0.2, 0.25) is 0 Å². The van der Waals surface area contributed by atoms with E-state index in [1.165, 1.54) is 13.0 Å². The van der Waals surface area contributed by atoms with E-state index in [1.807, 2.05) is 0 Å². The summed E-state index contributed by atoms with van der Waals surface area (Å²) in [7, 11) is 0. The molecule has 21 heavy (non-hydrogen) atoms. The zero-order valence-corrected chi connectivity index (χ0v) is 11.2.